The highest BCUT2D eigenvalue weighted by atomic mass is 32.2. The predicted octanol–water partition coefficient (Wildman–Crippen LogP) is 1.20. The van der Waals surface area contributed by atoms with Gasteiger partial charge < -0.3 is 19.5 Å². The smallest absolute Gasteiger partial charge is 0.346 e. The van der Waals surface area contributed by atoms with Gasteiger partial charge in [0, 0.05) is 11.8 Å². The minimum absolute atomic E-state index is 0.128. The van der Waals surface area contributed by atoms with Crippen LogP contribution in [0.5, 0.6) is 11.5 Å². The van der Waals surface area contributed by atoms with Gasteiger partial charge in [-0.1, -0.05) is 0 Å². The summed E-state index contributed by atoms with van der Waals surface area (Å²) >= 11 is 0. The number of fused-ring (bicyclic) bond motifs is 1. The summed E-state index contributed by atoms with van der Waals surface area (Å²) < 4.78 is 38.2. The van der Waals surface area contributed by atoms with E-state index in [0.717, 1.165) is 12.1 Å². The number of sulfonamides is 1. The fourth-order valence-electron chi connectivity index (χ4n) is 2.64. The highest BCUT2D eigenvalue weighted by Crippen LogP contribution is 2.37. The Balaban J connectivity index is 1.72. The number of nitrogens with two attached hydrogens (primary N) is 1. The molecule has 13 heteroatoms. The molecule has 1 atom stereocenters. The third-order valence-corrected chi connectivity index (χ3v) is 5.11. The van der Waals surface area contributed by atoms with Gasteiger partial charge in [-0.05, 0) is 31.2 Å². The van der Waals surface area contributed by atoms with E-state index in [2.05, 4.69) is 5.32 Å². The quantitative estimate of drug-likeness (QED) is 0.371. The summed E-state index contributed by atoms with van der Waals surface area (Å²) in [6, 6.07) is 7.18. The molecule has 0 bridgehead atoms. The van der Waals surface area contributed by atoms with Gasteiger partial charge in [-0.2, -0.15) is 0 Å². The zero-order valence-corrected chi connectivity index (χ0v) is 16.9. The molecule has 2 aromatic rings. The third kappa shape index (κ3) is 5.07. The van der Waals surface area contributed by atoms with Crippen LogP contribution in [0.1, 0.15) is 17.3 Å². The Hall–Kier alpha value is -3.71. The first-order chi connectivity index (χ1) is 14.6. The van der Waals surface area contributed by atoms with Crippen molar-refractivity contribution in [2.45, 2.75) is 17.9 Å². The summed E-state index contributed by atoms with van der Waals surface area (Å²) in [7, 11) is -3.89. The Kier molecular flexibility index (Phi) is 6.08. The van der Waals surface area contributed by atoms with Crippen molar-refractivity contribution in [1.82, 2.24) is 0 Å². The van der Waals surface area contributed by atoms with E-state index in [1.165, 1.54) is 31.2 Å². The highest BCUT2D eigenvalue weighted by Gasteiger charge is 2.29. The number of hydrogen-bond donors (Lipinski definition) is 2. The summed E-state index contributed by atoms with van der Waals surface area (Å²) in [6.07, 6.45) is -1.32. The number of esters is 1. The zero-order chi connectivity index (χ0) is 22.8. The van der Waals surface area contributed by atoms with Crippen molar-refractivity contribution in [1.29, 1.82) is 0 Å². The molecular weight excluding hydrogens is 434 g/mol. The number of carbonyl (C=O) groups excluding carboxylic acids is 2. The number of nitrogens with one attached hydrogen (secondary N) is 1. The average Bonchev–Trinajstić information content (AvgIpc) is 2.72. The summed E-state index contributed by atoms with van der Waals surface area (Å²) in [6.45, 7) is 1.70. The number of nitro groups is 1. The van der Waals surface area contributed by atoms with Crippen LogP contribution in [0.2, 0.25) is 0 Å². The van der Waals surface area contributed by atoms with E-state index in [1.807, 2.05) is 0 Å². The Morgan fingerprint density at radius 1 is 1.16 bits per heavy atom. The standard InChI is InChI=1S/C18H17N3O9S/c1-10(17(22)20-11-2-4-12(5-3-11)31(19,26)27)30-18(23)13-8-15-16(29-7-6-28-15)9-14(13)21(24)25/h2-5,8-10H,6-7H2,1H3,(H,20,22)(H2,19,26,27). The SMILES string of the molecule is CC(OC(=O)c1cc2c(cc1[N+](=O)[O-])OCCO2)C(=O)Nc1ccc(S(N)(=O)=O)cc1. The average molecular weight is 451 g/mol. The Bertz CT molecular complexity index is 1150. The lowest BCUT2D eigenvalue weighted by Gasteiger charge is -2.19. The molecule has 3 N–H and O–H groups in total. The molecule has 3 rings (SSSR count). The van der Waals surface area contributed by atoms with Gasteiger partial charge in [-0.15, -0.1) is 0 Å². The molecule has 12 nitrogen and oxygen atoms in total. The molecule has 0 saturated heterocycles. The normalized spacial score (nSPS) is 13.7. The van der Waals surface area contributed by atoms with Crippen LogP contribution in [-0.2, 0) is 19.6 Å². The van der Waals surface area contributed by atoms with Gasteiger partial charge >= 0.3 is 5.97 Å². The monoisotopic (exact) mass is 451 g/mol. The van der Waals surface area contributed by atoms with E-state index >= 15 is 0 Å². The molecule has 0 saturated carbocycles. The van der Waals surface area contributed by atoms with Gasteiger partial charge in [0.05, 0.1) is 15.9 Å². The van der Waals surface area contributed by atoms with Gasteiger partial charge in [0.25, 0.3) is 11.6 Å². The number of primary sulfonamides is 1. The van der Waals surface area contributed by atoms with Crippen molar-refractivity contribution in [2.75, 3.05) is 18.5 Å². The number of ether oxygens (including phenoxy) is 3. The maximum absolute atomic E-state index is 12.5. The second-order valence-corrected chi connectivity index (χ2v) is 7.94. The molecule has 0 aliphatic carbocycles. The first-order valence-corrected chi connectivity index (χ1v) is 10.3. The number of rotatable bonds is 6. The van der Waals surface area contributed by atoms with Gasteiger partial charge in [-0.25, -0.2) is 18.4 Å². The van der Waals surface area contributed by atoms with Gasteiger partial charge in [0.1, 0.15) is 18.8 Å². The fraction of sp³-hybridized carbons (Fsp3) is 0.222. The molecule has 0 fully saturated rings. The second-order valence-electron chi connectivity index (χ2n) is 6.38. The van der Waals surface area contributed by atoms with Crippen LogP contribution in [0.25, 0.3) is 0 Å². The molecule has 1 aliphatic heterocycles. The summed E-state index contributed by atoms with van der Waals surface area (Å²) in [5.41, 5.74) is -0.725. The molecular formula is C18H17N3O9S. The molecule has 1 amide bonds. The largest absolute Gasteiger partial charge is 0.486 e. The molecule has 2 aromatic carbocycles. The van der Waals surface area contributed by atoms with Gasteiger partial charge in [-0.3, -0.25) is 14.9 Å². The predicted molar refractivity (Wildman–Crippen MR) is 105 cm³/mol. The molecule has 0 spiro atoms. The Morgan fingerprint density at radius 3 is 2.29 bits per heavy atom. The number of nitrogens with zero attached hydrogens (tertiary/aromatic N) is 1. The number of anilines is 1. The Morgan fingerprint density at radius 2 is 1.74 bits per heavy atom. The number of carbonyl (C=O) groups is 2. The van der Waals surface area contributed by atoms with Crippen LogP contribution in [0.15, 0.2) is 41.3 Å². The molecule has 0 aromatic heterocycles. The van der Waals surface area contributed by atoms with Crippen LogP contribution in [0, 0.1) is 10.1 Å². The van der Waals surface area contributed by atoms with E-state index in [0.29, 0.717) is 0 Å². The van der Waals surface area contributed by atoms with Crippen LogP contribution < -0.4 is 19.9 Å². The van der Waals surface area contributed by atoms with Crippen molar-refractivity contribution < 1.29 is 37.1 Å². The number of benzene rings is 2. The van der Waals surface area contributed by atoms with E-state index in [1.54, 1.807) is 0 Å². The van der Waals surface area contributed by atoms with E-state index < -0.39 is 44.2 Å². The van der Waals surface area contributed by atoms with Gasteiger partial charge in [0.15, 0.2) is 17.6 Å². The van der Waals surface area contributed by atoms with Crippen molar-refractivity contribution >= 4 is 33.3 Å². The molecule has 1 aliphatic rings. The van der Waals surface area contributed by atoms with E-state index in [-0.39, 0.29) is 35.3 Å². The minimum Gasteiger partial charge on any atom is -0.486 e. The topological polar surface area (TPSA) is 177 Å². The fourth-order valence-corrected chi connectivity index (χ4v) is 3.16. The molecule has 1 heterocycles. The minimum atomic E-state index is -3.89. The number of amides is 1. The third-order valence-electron chi connectivity index (χ3n) is 4.18. The van der Waals surface area contributed by atoms with Crippen LogP contribution in [0.4, 0.5) is 11.4 Å². The lowest BCUT2D eigenvalue weighted by atomic mass is 10.1. The lowest BCUT2D eigenvalue weighted by Crippen LogP contribution is -2.30. The van der Waals surface area contributed by atoms with E-state index in [4.69, 9.17) is 19.3 Å². The Labute approximate surface area is 176 Å². The van der Waals surface area contributed by atoms with Crippen molar-refractivity contribution in [3.8, 4) is 11.5 Å². The van der Waals surface area contributed by atoms with Crippen molar-refractivity contribution in [3.63, 3.8) is 0 Å². The van der Waals surface area contributed by atoms with Crippen molar-refractivity contribution in [2.24, 2.45) is 5.14 Å². The number of nitro benzene ring substituents is 1. The molecule has 0 radical (unpaired) electrons. The molecule has 164 valence electrons. The maximum atomic E-state index is 12.5. The summed E-state index contributed by atoms with van der Waals surface area (Å²) in [4.78, 5) is 35.2. The van der Waals surface area contributed by atoms with E-state index in [9.17, 15) is 28.1 Å². The maximum Gasteiger partial charge on any atom is 0.346 e. The van der Waals surface area contributed by atoms with Crippen LogP contribution >= 0.6 is 0 Å². The zero-order valence-electron chi connectivity index (χ0n) is 16.1. The first-order valence-electron chi connectivity index (χ1n) is 8.79. The molecule has 1 unspecified atom stereocenters. The number of hydrogen-bond acceptors (Lipinski definition) is 9. The second kappa shape index (κ2) is 8.57. The lowest BCUT2D eigenvalue weighted by molar-refractivity contribution is -0.385. The summed E-state index contributed by atoms with van der Waals surface area (Å²) in [5.74, 6) is -1.56. The highest BCUT2D eigenvalue weighted by molar-refractivity contribution is 7.89. The van der Waals surface area contributed by atoms with Crippen LogP contribution in [-0.4, -0.2) is 44.5 Å². The molecule has 31 heavy (non-hydrogen) atoms. The van der Waals surface area contributed by atoms with Crippen LogP contribution in [0.3, 0.4) is 0 Å². The van der Waals surface area contributed by atoms with Crippen molar-refractivity contribution in [3.05, 3.63) is 52.1 Å². The summed E-state index contributed by atoms with van der Waals surface area (Å²) in [5, 5.41) is 18.8. The first kappa shape index (κ1) is 22.0. The van der Waals surface area contributed by atoms with Gasteiger partial charge in [0.2, 0.25) is 10.0 Å².